The first-order valence-corrected chi connectivity index (χ1v) is 5.06. The van der Waals surface area contributed by atoms with Gasteiger partial charge in [-0.3, -0.25) is 0 Å². The van der Waals surface area contributed by atoms with Crippen molar-refractivity contribution in [3.05, 3.63) is 29.8 Å². The molecule has 0 unspecified atom stereocenters. The average molecular weight is 208 g/mol. The number of anilines is 1. The minimum Gasteiger partial charge on any atom is -0.376 e. The standard InChI is InChI=1S/C11H16N2S/c1-8(2)9-4-6-10(7-5-9)13(3)11(12)14/h4-8H,1-3H3,(H2,12,14). The topological polar surface area (TPSA) is 29.3 Å². The Hall–Kier alpha value is -1.09. The van der Waals surface area contributed by atoms with E-state index in [1.54, 1.807) is 4.90 Å². The molecule has 2 N–H and O–H groups in total. The van der Waals surface area contributed by atoms with Crippen LogP contribution in [0.2, 0.25) is 0 Å². The molecular weight excluding hydrogens is 192 g/mol. The number of benzene rings is 1. The van der Waals surface area contributed by atoms with Gasteiger partial charge in [-0.2, -0.15) is 0 Å². The summed E-state index contributed by atoms with van der Waals surface area (Å²) in [5.74, 6) is 0.555. The highest BCUT2D eigenvalue weighted by atomic mass is 32.1. The van der Waals surface area contributed by atoms with Gasteiger partial charge < -0.3 is 10.6 Å². The molecule has 0 aliphatic heterocycles. The van der Waals surface area contributed by atoms with Crippen molar-refractivity contribution in [1.29, 1.82) is 0 Å². The number of nitrogens with two attached hydrogens (primary N) is 1. The van der Waals surface area contributed by atoms with Crippen LogP contribution in [0.4, 0.5) is 5.69 Å². The highest BCUT2D eigenvalue weighted by Crippen LogP contribution is 2.18. The molecule has 0 atom stereocenters. The fourth-order valence-electron chi connectivity index (χ4n) is 1.21. The molecule has 0 bridgehead atoms. The number of hydrogen-bond acceptors (Lipinski definition) is 1. The molecule has 0 spiro atoms. The molecule has 1 rings (SSSR count). The van der Waals surface area contributed by atoms with Gasteiger partial charge in [-0.15, -0.1) is 0 Å². The van der Waals surface area contributed by atoms with Gasteiger partial charge in [0.2, 0.25) is 0 Å². The lowest BCUT2D eigenvalue weighted by atomic mass is 10.0. The van der Waals surface area contributed by atoms with Crippen molar-refractivity contribution in [2.75, 3.05) is 11.9 Å². The lowest BCUT2D eigenvalue weighted by Crippen LogP contribution is -2.31. The zero-order valence-electron chi connectivity index (χ0n) is 8.82. The van der Waals surface area contributed by atoms with E-state index in [9.17, 15) is 0 Å². The minimum atomic E-state index is 0.391. The Labute approximate surface area is 90.7 Å². The molecule has 76 valence electrons. The highest BCUT2D eigenvalue weighted by molar-refractivity contribution is 7.80. The molecule has 0 aliphatic rings. The van der Waals surface area contributed by atoms with Crippen LogP contribution in [-0.2, 0) is 0 Å². The second-order valence-electron chi connectivity index (χ2n) is 3.64. The van der Waals surface area contributed by atoms with Crippen LogP contribution in [-0.4, -0.2) is 12.2 Å². The van der Waals surface area contributed by atoms with Gasteiger partial charge in [0.15, 0.2) is 5.11 Å². The zero-order chi connectivity index (χ0) is 10.7. The van der Waals surface area contributed by atoms with E-state index < -0.39 is 0 Å². The molecular formula is C11H16N2S. The quantitative estimate of drug-likeness (QED) is 0.757. The number of thiocarbonyl (C=S) groups is 1. The summed E-state index contributed by atoms with van der Waals surface area (Å²) >= 11 is 4.89. The Morgan fingerprint density at radius 1 is 1.29 bits per heavy atom. The lowest BCUT2D eigenvalue weighted by molar-refractivity contribution is 0.866. The van der Waals surface area contributed by atoms with E-state index in [-0.39, 0.29) is 0 Å². The summed E-state index contributed by atoms with van der Waals surface area (Å²) in [5.41, 5.74) is 7.88. The van der Waals surface area contributed by atoms with Gasteiger partial charge in [-0.1, -0.05) is 26.0 Å². The van der Waals surface area contributed by atoms with E-state index in [0.717, 1.165) is 5.69 Å². The maximum atomic E-state index is 5.52. The van der Waals surface area contributed by atoms with Crippen LogP contribution in [0.25, 0.3) is 0 Å². The van der Waals surface area contributed by atoms with Gasteiger partial charge in [0.25, 0.3) is 0 Å². The fraction of sp³-hybridized carbons (Fsp3) is 0.364. The van der Waals surface area contributed by atoms with Crippen molar-refractivity contribution in [3.8, 4) is 0 Å². The van der Waals surface area contributed by atoms with Crippen molar-refractivity contribution in [2.45, 2.75) is 19.8 Å². The second kappa shape index (κ2) is 4.42. The summed E-state index contributed by atoms with van der Waals surface area (Å²) in [6.07, 6.45) is 0. The minimum absolute atomic E-state index is 0.391. The Balaban J connectivity index is 2.88. The maximum absolute atomic E-state index is 5.52. The van der Waals surface area contributed by atoms with Crippen LogP contribution in [0, 0.1) is 0 Å². The van der Waals surface area contributed by atoms with Crippen LogP contribution in [0.1, 0.15) is 25.3 Å². The average Bonchev–Trinajstić information content (AvgIpc) is 2.16. The van der Waals surface area contributed by atoms with Gasteiger partial charge in [0.1, 0.15) is 0 Å². The molecule has 0 aromatic heterocycles. The predicted octanol–water partition coefficient (Wildman–Crippen LogP) is 2.49. The van der Waals surface area contributed by atoms with E-state index in [1.807, 2.05) is 19.2 Å². The molecule has 0 radical (unpaired) electrons. The maximum Gasteiger partial charge on any atom is 0.170 e. The summed E-state index contributed by atoms with van der Waals surface area (Å²) in [6.45, 7) is 4.35. The van der Waals surface area contributed by atoms with Crippen molar-refractivity contribution < 1.29 is 0 Å². The SMILES string of the molecule is CC(C)c1ccc(N(C)C(N)=S)cc1. The predicted molar refractivity (Wildman–Crippen MR) is 65.7 cm³/mol. The Morgan fingerprint density at radius 2 is 1.79 bits per heavy atom. The smallest absolute Gasteiger partial charge is 0.170 e. The molecule has 0 saturated heterocycles. The van der Waals surface area contributed by atoms with Gasteiger partial charge >= 0.3 is 0 Å². The first kappa shape index (κ1) is 11.0. The molecule has 2 nitrogen and oxygen atoms in total. The first-order valence-electron chi connectivity index (χ1n) is 4.65. The molecule has 3 heteroatoms. The van der Waals surface area contributed by atoms with Crippen LogP contribution >= 0.6 is 12.2 Å². The Kier molecular flexibility index (Phi) is 3.47. The van der Waals surface area contributed by atoms with Crippen LogP contribution in [0.5, 0.6) is 0 Å². The van der Waals surface area contributed by atoms with Crippen LogP contribution < -0.4 is 10.6 Å². The number of nitrogens with zero attached hydrogens (tertiary/aromatic N) is 1. The van der Waals surface area contributed by atoms with Crippen molar-refractivity contribution in [2.24, 2.45) is 5.73 Å². The van der Waals surface area contributed by atoms with Gasteiger partial charge in [0.05, 0.1) is 0 Å². The Morgan fingerprint density at radius 3 is 2.14 bits per heavy atom. The largest absolute Gasteiger partial charge is 0.376 e. The summed E-state index contributed by atoms with van der Waals surface area (Å²) in [5, 5.41) is 0.391. The summed E-state index contributed by atoms with van der Waals surface area (Å²) in [7, 11) is 1.87. The van der Waals surface area contributed by atoms with Crippen molar-refractivity contribution in [1.82, 2.24) is 0 Å². The number of rotatable bonds is 2. The second-order valence-corrected chi connectivity index (χ2v) is 4.06. The third kappa shape index (κ3) is 2.45. The van der Waals surface area contributed by atoms with Gasteiger partial charge in [-0.25, -0.2) is 0 Å². The normalized spacial score (nSPS) is 10.3. The van der Waals surface area contributed by atoms with E-state index in [4.69, 9.17) is 18.0 Å². The summed E-state index contributed by atoms with van der Waals surface area (Å²) in [4.78, 5) is 1.79. The molecule has 1 aromatic carbocycles. The zero-order valence-corrected chi connectivity index (χ0v) is 9.64. The van der Waals surface area contributed by atoms with E-state index in [0.29, 0.717) is 11.0 Å². The molecule has 0 amide bonds. The summed E-state index contributed by atoms with van der Waals surface area (Å²) in [6, 6.07) is 8.28. The summed E-state index contributed by atoms with van der Waals surface area (Å²) < 4.78 is 0. The highest BCUT2D eigenvalue weighted by Gasteiger charge is 2.03. The number of hydrogen-bond donors (Lipinski definition) is 1. The third-order valence-corrected chi connectivity index (χ3v) is 2.55. The molecule has 1 aromatic rings. The van der Waals surface area contributed by atoms with Crippen LogP contribution in [0.15, 0.2) is 24.3 Å². The molecule has 0 aliphatic carbocycles. The molecule has 14 heavy (non-hydrogen) atoms. The van der Waals surface area contributed by atoms with Crippen LogP contribution in [0.3, 0.4) is 0 Å². The van der Waals surface area contributed by atoms with E-state index >= 15 is 0 Å². The third-order valence-electron chi connectivity index (χ3n) is 2.28. The van der Waals surface area contributed by atoms with Gasteiger partial charge in [0, 0.05) is 12.7 Å². The molecule has 0 heterocycles. The molecule has 0 fully saturated rings. The van der Waals surface area contributed by atoms with Gasteiger partial charge in [-0.05, 0) is 35.8 Å². The Bertz CT molecular complexity index is 317. The van der Waals surface area contributed by atoms with E-state index in [2.05, 4.69) is 26.0 Å². The van der Waals surface area contributed by atoms with E-state index in [1.165, 1.54) is 5.56 Å². The fourth-order valence-corrected chi connectivity index (χ4v) is 1.32. The van der Waals surface area contributed by atoms with Crippen molar-refractivity contribution in [3.63, 3.8) is 0 Å². The monoisotopic (exact) mass is 208 g/mol. The first-order chi connectivity index (χ1) is 6.52. The van der Waals surface area contributed by atoms with Crippen molar-refractivity contribution >= 4 is 23.0 Å². The molecule has 0 saturated carbocycles. The lowest BCUT2D eigenvalue weighted by Gasteiger charge is -2.17.